The minimum Gasteiger partial charge on any atom is -0.353 e. The Morgan fingerprint density at radius 1 is 1.26 bits per heavy atom. The zero-order valence-corrected chi connectivity index (χ0v) is 14.8. The number of thiophene rings is 1. The van der Waals surface area contributed by atoms with E-state index in [1.54, 1.807) is 29.5 Å². The van der Waals surface area contributed by atoms with Crippen molar-refractivity contribution in [1.29, 1.82) is 0 Å². The van der Waals surface area contributed by atoms with Crippen LogP contribution in [0.1, 0.15) is 32.5 Å². The van der Waals surface area contributed by atoms with Crippen LogP contribution < -0.4 is 10.6 Å². The maximum Gasteiger partial charge on any atom is 0.256 e. The summed E-state index contributed by atoms with van der Waals surface area (Å²) in [6.45, 7) is 1.86. The lowest BCUT2D eigenvalue weighted by Gasteiger charge is -2.28. The molecule has 0 saturated carbocycles. The van der Waals surface area contributed by atoms with Gasteiger partial charge in [0.15, 0.2) is 0 Å². The molecule has 0 saturated heterocycles. The summed E-state index contributed by atoms with van der Waals surface area (Å²) in [5.41, 5.74) is 2.67. The van der Waals surface area contributed by atoms with E-state index in [1.807, 2.05) is 0 Å². The van der Waals surface area contributed by atoms with Crippen LogP contribution in [0.25, 0.3) is 0 Å². The van der Waals surface area contributed by atoms with E-state index in [4.69, 9.17) is 23.2 Å². The number of hydrogen-bond donors (Lipinski definition) is 2. The Labute approximate surface area is 148 Å². The van der Waals surface area contributed by atoms with Crippen molar-refractivity contribution in [3.05, 3.63) is 49.8 Å². The number of carbonyl (C=O) groups excluding carboxylic acids is 1. The highest BCUT2D eigenvalue weighted by atomic mass is 35.5. The van der Waals surface area contributed by atoms with Crippen molar-refractivity contribution in [2.45, 2.75) is 19.1 Å². The largest absolute Gasteiger partial charge is 0.353 e. The van der Waals surface area contributed by atoms with E-state index < -0.39 is 6.17 Å². The van der Waals surface area contributed by atoms with E-state index >= 15 is 0 Å². The van der Waals surface area contributed by atoms with Gasteiger partial charge < -0.3 is 15.5 Å². The van der Waals surface area contributed by atoms with Gasteiger partial charge in [-0.1, -0.05) is 29.3 Å². The molecule has 1 aromatic heterocycles. The van der Waals surface area contributed by atoms with Crippen LogP contribution in [0, 0.1) is 0 Å². The molecule has 1 unspecified atom stereocenters. The first-order chi connectivity index (χ1) is 11.0. The fourth-order valence-corrected chi connectivity index (χ4v) is 5.14. The van der Waals surface area contributed by atoms with Gasteiger partial charge in [0.05, 0.1) is 5.56 Å². The fraction of sp³-hybridized carbons (Fsp3) is 0.312. The summed E-state index contributed by atoms with van der Waals surface area (Å²) in [6.07, 6.45) is 0.499. The second kappa shape index (κ2) is 5.67. The Bertz CT molecular complexity index is 785. The summed E-state index contributed by atoms with van der Waals surface area (Å²) in [4.78, 5) is 16.2. The summed E-state index contributed by atoms with van der Waals surface area (Å²) in [7, 11) is 2.10. The summed E-state index contributed by atoms with van der Waals surface area (Å²) in [6, 6.07) is 5.35. The molecule has 2 aromatic rings. The number of hydrogen-bond acceptors (Lipinski definition) is 4. The Kier molecular flexibility index (Phi) is 3.76. The summed E-state index contributed by atoms with van der Waals surface area (Å²) < 4.78 is 0. The predicted octanol–water partition coefficient (Wildman–Crippen LogP) is 3.90. The lowest BCUT2D eigenvalue weighted by molar-refractivity contribution is 0.0935. The van der Waals surface area contributed by atoms with E-state index in [0.29, 0.717) is 15.6 Å². The third kappa shape index (κ3) is 2.52. The minimum absolute atomic E-state index is 0.0539. The molecule has 0 radical (unpaired) electrons. The van der Waals surface area contributed by atoms with E-state index in [9.17, 15) is 4.79 Å². The van der Waals surface area contributed by atoms with Crippen LogP contribution in [0.2, 0.25) is 10.0 Å². The summed E-state index contributed by atoms with van der Waals surface area (Å²) >= 11 is 14.2. The molecule has 4 rings (SSSR count). The molecule has 7 heteroatoms. The molecule has 1 amide bonds. The van der Waals surface area contributed by atoms with Crippen LogP contribution in [0.5, 0.6) is 0 Å². The first kappa shape index (κ1) is 15.3. The van der Waals surface area contributed by atoms with Crippen molar-refractivity contribution < 1.29 is 4.79 Å². The lowest BCUT2D eigenvalue weighted by Crippen LogP contribution is -2.39. The number of rotatable bonds is 1. The van der Waals surface area contributed by atoms with E-state index in [0.717, 1.165) is 30.1 Å². The molecule has 23 heavy (non-hydrogen) atoms. The van der Waals surface area contributed by atoms with Crippen LogP contribution >= 0.6 is 34.5 Å². The quantitative estimate of drug-likeness (QED) is 0.803. The van der Waals surface area contributed by atoms with Gasteiger partial charge in [0.25, 0.3) is 5.91 Å². The second-order valence-corrected chi connectivity index (χ2v) is 7.80. The second-order valence-electron chi connectivity index (χ2n) is 5.88. The van der Waals surface area contributed by atoms with Gasteiger partial charge in [-0.3, -0.25) is 4.79 Å². The van der Waals surface area contributed by atoms with Gasteiger partial charge in [-0.25, -0.2) is 0 Å². The average molecular weight is 368 g/mol. The van der Waals surface area contributed by atoms with Crippen LogP contribution in [-0.2, 0) is 13.0 Å². The molecular formula is C16H15Cl2N3OS. The van der Waals surface area contributed by atoms with Gasteiger partial charge in [-0.05, 0) is 31.2 Å². The monoisotopic (exact) mass is 367 g/mol. The number of amides is 1. The third-order valence-electron chi connectivity index (χ3n) is 4.31. The fourth-order valence-electron chi connectivity index (χ4n) is 3.17. The highest BCUT2D eigenvalue weighted by Gasteiger charge is 2.34. The standard InChI is InChI=1S/C16H15Cl2N3OS/c1-21-6-5-8-11(7-21)23-16-12(8)15(22)19-14(20-16)13-9(17)3-2-4-10(13)18/h2-4,14,20H,5-7H2,1H3,(H,19,22). The smallest absolute Gasteiger partial charge is 0.256 e. The van der Waals surface area contributed by atoms with E-state index in [2.05, 4.69) is 22.6 Å². The number of halogens is 2. The van der Waals surface area contributed by atoms with Gasteiger partial charge in [-0.2, -0.15) is 0 Å². The molecular weight excluding hydrogens is 353 g/mol. The van der Waals surface area contributed by atoms with Crippen molar-refractivity contribution in [1.82, 2.24) is 10.2 Å². The number of nitrogens with zero attached hydrogens (tertiary/aromatic N) is 1. The molecule has 120 valence electrons. The van der Waals surface area contributed by atoms with Crippen molar-refractivity contribution in [3.63, 3.8) is 0 Å². The molecule has 2 aliphatic rings. The molecule has 0 spiro atoms. The lowest BCUT2D eigenvalue weighted by atomic mass is 10.0. The van der Waals surface area contributed by atoms with Gasteiger partial charge in [0, 0.05) is 33.6 Å². The molecule has 1 atom stereocenters. The van der Waals surface area contributed by atoms with E-state index in [1.165, 1.54) is 10.4 Å². The third-order valence-corrected chi connectivity index (χ3v) is 6.12. The number of nitrogens with one attached hydrogen (secondary N) is 2. The predicted molar refractivity (Wildman–Crippen MR) is 94.6 cm³/mol. The zero-order valence-electron chi connectivity index (χ0n) is 12.5. The number of fused-ring (bicyclic) bond motifs is 3. The number of likely N-dealkylation sites (N-methyl/N-ethyl adjacent to an activating group) is 1. The summed E-state index contributed by atoms with van der Waals surface area (Å²) in [5, 5.41) is 8.38. The van der Waals surface area contributed by atoms with Gasteiger partial charge >= 0.3 is 0 Å². The molecule has 2 N–H and O–H groups in total. The number of benzene rings is 1. The highest BCUT2D eigenvalue weighted by Crippen LogP contribution is 2.42. The van der Waals surface area contributed by atoms with Crippen LogP contribution in [-0.4, -0.2) is 24.4 Å². The molecule has 4 nitrogen and oxygen atoms in total. The number of carbonyl (C=O) groups is 1. The van der Waals surface area contributed by atoms with Gasteiger partial charge in [-0.15, -0.1) is 11.3 Å². The first-order valence-electron chi connectivity index (χ1n) is 7.39. The van der Waals surface area contributed by atoms with Crippen LogP contribution in [0.15, 0.2) is 18.2 Å². The minimum atomic E-state index is -0.408. The Hall–Kier alpha value is -1.27. The maximum atomic E-state index is 12.7. The molecule has 2 aliphatic heterocycles. The Morgan fingerprint density at radius 2 is 2.00 bits per heavy atom. The summed E-state index contributed by atoms with van der Waals surface area (Å²) in [5.74, 6) is -0.0539. The normalized spacial score (nSPS) is 20.5. The average Bonchev–Trinajstić information content (AvgIpc) is 2.84. The van der Waals surface area contributed by atoms with Crippen molar-refractivity contribution >= 4 is 45.4 Å². The first-order valence-corrected chi connectivity index (χ1v) is 8.96. The maximum absolute atomic E-state index is 12.7. The SMILES string of the molecule is CN1CCc2c(sc3c2C(=O)NC(c2c(Cl)cccc2Cl)N3)C1. The molecule has 1 aromatic carbocycles. The molecule has 0 aliphatic carbocycles. The van der Waals surface area contributed by atoms with Crippen molar-refractivity contribution in [3.8, 4) is 0 Å². The van der Waals surface area contributed by atoms with Gasteiger partial charge in [0.1, 0.15) is 11.2 Å². The Morgan fingerprint density at radius 3 is 2.74 bits per heavy atom. The molecule has 0 fully saturated rings. The van der Waals surface area contributed by atoms with Crippen molar-refractivity contribution in [2.75, 3.05) is 18.9 Å². The molecule has 3 heterocycles. The zero-order chi connectivity index (χ0) is 16.1. The highest BCUT2D eigenvalue weighted by molar-refractivity contribution is 7.16. The van der Waals surface area contributed by atoms with E-state index in [-0.39, 0.29) is 5.91 Å². The number of anilines is 1. The van der Waals surface area contributed by atoms with Gasteiger partial charge in [0.2, 0.25) is 0 Å². The Balaban J connectivity index is 1.75. The molecule has 0 bridgehead atoms. The van der Waals surface area contributed by atoms with Crippen LogP contribution in [0.3, 0.4) is 0 Å². The van der Waals surface area contributed by atoms with Crippen molar-refractivity contribution in [2.24, 2.45) is 0 Å². The topological polar surface area (TPSA) is 44.4 Å². The van der Waals surface area contributed by atoms with Crippen LogP contribution in [0.4, 0.5) is 5.00 Å².